The highest BCUT2D eigenvalue weighted by molar-refractivity contribution is 7.99. The van der Waals surface area contributed by atoms with Crippen LogP contribution in [0.2, 0.25) is 0 Å². The molecule has 1 fully saturated rings. The van der Waals surface area contributed by atoms with Gasteiger partial charge in [0, 0.05) is 16.3 Å². The number of nitrogens with one attached hydrogen (secondary N) is 2. The third-order valence-corrected chi connectivity index (χ3v) is 3.61. The number of imide groups is 1. The molecule has 0 bridgehead atoms. The number of anilines is 1. The molecule has 1 saturated heterocycles. The lowest BCUT2D eigenvalue weighted by Gasteiger charge is -2.14. The van der Waals surface area contributed by atoms with Crippen molar-refractivity contribution in [2.75, 3.05) is 11.1 Å². The fourth-order valence-corrected chi connectivity index (χ4v) is 2.47. The van der Waals surface area contributed by atoms with Gasteiger partial charge in [-0.1, -0.05) is 18.2 Å². The summed E-state index contributed by atoms with van der Waals surface area (Å²) >= 11 is 1.64. The maximum absolute atomic E-state index is 11.5. The Bertz CT molecular complexity index is 488. The summed E-state index contributed by atoms with van der Waals surface area (Å²) in [5.41, 5.74) is 0.874. The summed E-state index contributed by atoms with van der Waals surface area (Å²) in [5, 5.41) is 5.40. The summed E-state index contributed by atoms with van der Waals surface area (Å²) < 4.78 is 0. The Morgan fingerprint density at radius 1 is 1.44 bits per heavy atom. The van der Waals surface area contributed by atoms with Gasteiger partial charge in [-0.05, 0) is 12.1 Å². The molecule has 1 aromatic carbocycles. The molecular formula is C13H14N2O2S. The average molecular weight is 262 g/mol. The number of carbonyl (C=O) groups excluding carboxylic acids is 2. The van der Waals surface area contributed by atoms with E-state index in [9.17, 15) is 9.59 Å². The number of thioether (sulfide) groups is 1. The third-order valence-electron chi connectivity index (χ3n) is 2.54. The molecule has 1 heterocycles. The summed E-state index contributed by atoms with van der Waals surface area (Å²) in [6.45, 7) is 3.68. The van der Waals surface area contributed by atoms with E-state index in [4.69, 9.17) is 0 Å². The van der Waals surface area contributed by atoms with Crippen molar-refractivity contribution in [2.45, 2.75) is 17.4 Å². The first kappa shape index (κ1) is 12.7. The third kappa shape index (κ3) is 2.92. The van der Waals surface area contributed by atoms with Crippen molar-refractivity contribution in [3.05, 3.63) is 36.9 Å². The van der Waals surface area contributed by atoms with Crippen LogP contribution in [0.3, 0.4) is 0 Å². The quantitative estimate of drug-likeness (QED) is 0.482. The first-order valence-electron chi connectivity index (χ1n) is 5.63. The molecule has 0 aromatic heterocycles. The minimum Gasteiger partial charge on any atom is -0.372 e. The highest BCUT2D eigenvalue weighted by atomic mass is 32.2. The van der Waals surface area contributed by atoms with E-state index in [1.165, 1.54) is 0 Å². The van der Waals surface area contributed by atoms with Crippen LogP contribution in [0.4, 0.5) is 5.69 Å². The van der Waals surface area contributed by atoms with Gasteiger partial charge >= 0.3 is 0 Å². The number of benzene rings is 1. The van der Waals surface area contributed by atoms with Gasteiger partial charge in [0.2, 0.25) is 11.8 Å². The minimum atomic E-state index is -0.469. The molecule has 2 amide bonds. The number of para-hydroxylation sites is 1. The second kappa shape index (κ2) is 5.73. The normalized spacial score (nSPS) is 18.6. The van der Waals surface area contributed by atoms with Crippen molar-refractivity contribution in [1.82, 2.24) is 5.32 Å². The Labute approximate surface area is 110 Å². The summed E-state index contributed by atoms with van der Waals surface area (Å²) in [5.74, 6) is 0.311. The molecule has 0 radical (unpaired) electrons. The van der Waals surface area contributed by atoms with Crippen LogP contribution in [0, 0.1) is 0 Å². The second-order valence-electron chi connectivity index (χ2n) is 3.91. The molecule has 4 nitrogen and oxygen atoms in total. The lowest BCUT2D eigenvalue weighted by Crippen LogP contribution is -2.30. The summed E-state index contributed by atoms with van der Waals surface area (Å²) in [6.07, 6.45) is 2.02. The molecule has 18 heavy (non-hydrogen) atoms. The van der Waals surface area contributed by atoms with Gasteiger partial charge in [0.25, 0.3) is 0 Å². The first-order valence-corrected chi connectivity index (χ1v) is 6.62. The maximum Gasteiger partial charge on any atom is 0.249 e. The molecule has 0 saturated carbocycles. The van der Waals surface area contributed by atoms with E-state index in [1.807, 2.05) is 30.3 Å². The molecule has 1 unspecified atom stereocenters. The second-order valence-corrected chi connectivity index (χ2v) is 4.97. The van der Waals surface area contributed by atoms with E-state index in [-0.39, 0.29) is 18.2 Å². The number of hydrogen-bond acceptors (Lipinski definition) is 4. The molecule has 1 aliphatic rings. The van der Waals surface area contributed by atoms with Gasteiger partial charge in [-0.25, -0.2) is 0 Å². The van der Waals surface area contributed by atoms with Crippen molar-refractivity contribution >= 4 is 29.3 Å². The molecule has 2 rings (SSSR count). The van der Waals surface area contributed by atoms with Crippen LogP contribution in [-0.4, -0.2) is 23.6 Å². The van der Waals surface area contributed by atoms with Crippen LogP contribution in [0.5, 0.6) is 0 Å². The highest BCUT2D eigenvalue weighted by Crippen LogP contribution is 2.28. The zero-order valence-electron chi connectivity index (χ0n) is 9.81. The van der Waals surface area contributed by atoms with Gasteiger partial charge in [-0.2, -0.15) is 0 Å². The largest absolute Gasteiger partial charge is 0.372 e. The van der Waals surface area contributed by atoms with Crippen molar-refractivity contribution in [3.8, 4) is 0 Å². The van der Waals surface area contributed by atoms with Crippen molar-refractivity contribution < 1.29 is 9.59 Å². The lowest BCUT2D eigenvalue weighted by molar-refractivity contribution is -0.124. The van der Waals surface area contributed by atoms with E-state index in [1.54, 1.807) is 11.8 Å². The number of rotatable bonds is 5. The zero-order chi connectivity index (χ0) is 13.0. The first-order chi connectivity index (χ1) is 8.70. The number of hydrogen-bond donors (Lipinski definition) is 2. The molecule has 94 valence electrons. The SMILES string of the molecule is C=CCSc1ccccc1NC1CC(=O)NC1=O. The van der Waals surface area contributed by atoms with Crippen LogP contribution in [-0.2, 0) is 9.59 Å². The number of amides is 2. The zero-order valence-corrected chi connectivity index (χ0v) is 10.6. The molecule has 1 atom stereocenters. The fourth-order valence-electron chi connectivity index (χ4n) is 1.72. The van der Waals surface area contributed by atoms with Crippen molar-refractivity contribution in [2.24, 2.45) is 0 Å². The predicted molar refractivity (Wildman–Crippen MR) is 72.5 cm³/mol. The van der Waals surface area contributed by atoms with E-state index in [0.717, 1.165) is 16.3 Å². The topological polar surface area (TPSA) is 58.2 Å². The molecule has 0 spiro atoms. The Hall–Kier alpha value is -1.75. The fraction of sp³-hybridized carbons (Fsp3) is 0.231. The van der Waals surface area contributed by atoms with Crippen LogP contribution >= 0.6 is 11.8 Å². The van der Waals surface area contributed by atoms with Gasteiger partial charge in [-0.3, -0.25) is 14.9 Å². The van der Waals surface area contributed by atoms with Crippen molar-refractivity contribution in [3.63, 3.8) is 0 Å². The molecular weight excluding hydrogens is 248 g/mol. The molecule has 0 aliphatic carbocycles. The molecule has 1 aromatic rings. The molecule has 1 aliphatic heterocycles. The predicted octanol–water partition coefficient (Wildman–Crippen LogP) is 1.79. The van der Waals surface area contributed by atoms with Gasteiger partial charge < -0.3 is 5.32 Å². The van der Waals surface area contributed by atoms with E-state index in [0.29, 0.717) is 0 Å². The summed E-state index contributed by atoms with van der Waals surface area (Å²) in [4.78, 5) is 23.7. The average Bonchev–Trinajstić information content (AvgIpc) is 2.67. The van der Waals surface area contributed by atoms with Gasteiger partial charge in [0.1, 0.15) is 6.04 Å². The Morgan fingerprint density at radius 2 is 2.22 bits per heavy atom. The van der Waals surface area contributed by atoms with Crippen LogP contribution in [0.1, 0.15) is 6.42 Å². The Morgan fingerprint density at radius 3 is 2.89 bits per heavy atom. The highest BCUT2D eigenvalue weighted by Gasteiger charge is 2.30. The lowest BCUT2D eigenvalue weighted by atomic mass is 10.2. The smallest absolute Gasteiger partial charge is 0.249 e. The van der Waals surface area contributed by atoms with E-state index >= 15 is 0 Å². The molecule has 5 heteroatoms. The van der Waals surface area contributed by atoms with Gasteiger partial charge in [0.15, 0.2) is 0 Å². The summed E-state index contributed by atoms with van der Waals surface area (Å²) in [6, 6.07) is 7.25. The van der Waals surface area contributed by atoms with Gasteiger partial charge in [-0.15, -0.1) is 18.3 Å². The minimum absolute atomic E-state index is 0.194. The van der Waals surface area contributed by atoms with Crippen LogP contribution in [0.15, 0.2) is 41.8 Å². The standard InChI is InChI=1S/C13H14N2O2S/c1-2-7-18-11-6-4-3-5-9(11)14-10-8-12(16)15-13(10)17/h2-6,10,14H,1,7-8H2,(H,15,16,17). The van der Waals surface area contributed by atoms with Crippen molar-refractivity contribution in [1.29, 1.82) is 0 Å². The van der Waals surface area contributed by atoms with Gasteiger partial charge in [0.05, 0.1) is 6.42 Å². The Kier molecular flexibility index (Phi) is 4.04. The van der Waals surface area contributed by atoms with Crippen LogP contribution < -0.4 is 10.6 Å². The van der Waals surface area contributed by atoms with E-state index < -0.39 is 6.04 Å². The molecule has 2 N–H and O–H groups in total. The monoisotopic (exact) mass is 262 g/mol. The van der Waals surface area contributed by atoms with E-state index in [2.05, 4.69) is 17.2 Å². The number of carbonyl (C=O) groups is 2. The maximum atomic E-state index is 11.5. The Balaban J connectivity index is 2.10. The van der Waals surface area contributed by atoms with Crippen LogP contribution in [0.25, 0.3) is 0 Å². The summed E-state index contributed by atoms with van der Waals surface area (Å²) in [7, 11) is 0.